The number of pyridine rings is 1. The lowest BCUT2D eigenvalue weighted by Gasteiger charge is -2.10. The predicted octanol–water partition coefficient (Wildman–Crippen LogP) is 2.66. The van der Waals surface area contributed by atoms with Crippen LogP contribution >= 0.6 is 15.9 Å². The van der Waals surface area contributed by atoms with E-state index in [1.807, 2.05) is 25.1 Å². The Balaban J connectivity index is 2.09. The van der Waals surface area contributed by atoms with Crippen molar-refractivity contribution in [3.8, 4) is 0 Å². The summed E-state index contributed by atoms with van der Waals surface area (Å²) >= 11 is 3.31. The number of aromatic nitrogens is 1. The molecular weight excluding hydrogens is 306 g/mol. The van der Waals surface area contributed by atoms with E-state index < -0.39 is 0 Å². The van der Waals surface area contributed by atoms with Gasteiger partial charge in [-0.25, -0.2) is 4.98 Å². The molecule has 0 saturated carbocycles. The Morgan fingerprint density at radius 3 is 2.89 bits per heavy atom. The molecule has 0 atom stereocenters. The molecule has 19 heavy (non-hydrogen) atoms. The van der Waals surface area contributed by atoms with Crippen molar-refractivity contribution in [2.24, 2.45) is 0 Å². The van der Waals surface area contributed by atoms with Crippen molar-refractivity contribution in [1.82, 2.24) is 10.3 Å². The van der Waals surface area contributed by atoms with Crippen LogP contribution in [0.15, 0.2) is 41.0 Å². The van der Waals surface area contributed by atoms with E-state index in [0.29, 0.717) is 16.7 Å². The number of nitrogen functional groups attached to an aromatic ring is 1. The van der Waals surface area contributed by atoms with Crippen molar-refractivity contribution in [2.45, 2.75) is 13.5 Å². The summed E-state index contributed by atoms with van der Waals surface area (Å²) in [6.07, 6.45) is 1.59. The van der Waals surface area contributed by atoms with Crippen molar-refractivity contribution in [2.75, 3.05) is 5.73 Å². The Labute approximate surface area is 120 Å². The summed E-state index contributed by atoms with van der Waals surface area (Å²) in [4.78, 5) is 16.0. The lowest BCUT2D eigenvalue weighted by molar-refractivity contribution is 0.0945. The number of benzene rings is 1. The van der Waals surface area contributed by atoms with Gasteiger partial charge in [0.2, 0.25) is 0 Å². The fourth-order valence-electron chi connectivity index (χ4n) is 1.71. The van der Waals surface area contributed by atoms with E-state index in [9.17, 15) is 4.79 Å². The average Bonchev–Trinajstić information content (AvgIpc) is 2.40. The second kappa shape index (κ2) is 5.84. The first-order valence-electron chi connectivity index (χ1n) is 5.82. The van der Waals surface area contributed by atoms with Gasteiger partial charge >= 0.3 is 0 Å². The van der Waals surface area contributed by atoms with Crippen LogP contribution < -0.4 is 11.1 Å². The summed E-state index contributed by atoms with van der Waals surface area (Å²) in [7, 11) is 0. The number of halogens is 1. The second-order valence-electron chi connectivity index (χ2n) is 4.15. The fourth-order valence-corrected chi connectivity index (χ4v) is 2.14. The van der Waals surface area contributed by atoms with Crippen LogP contribution in [0.3, 0.4) is 0 Å². The third-order valence-corrected chi connectivity index (χ3v) is 3.54. The molecule has 1 amide bonds. The fraction of sp³-hybridized carbons (Fsp3) is 0.143. The van der Waals surface area contributed by atoms with E-state index in [-0.39, 0.29) is 5.91 Å². The largest absolute Gasteiger partial charge is 0.399 e. The van der Waals surface area contributed by atoms with Gasteiger partial charge in [-0.3, -0.25) is 4.79 Å². The lowest BCUT2D eigenvalue weighted by Crippen LogP contribution is -2.24. The molecule has 1 aromatic carbocycles. The van der Waals surface area contributed by atoms with E-state index in [2.05, 4.69) is 26.2 Å². The van der Waals surface area contributed by atoms with Gasteiger partial charge in [-0.15, -0.1) is 0 Å². The number of carbonyl (C=O) groups is 1. The van der Waals surface area contributed by atoms with Crippen molar-refractivity contribution in [3.05, 3.63) is 57.8 Å². The van der Waals surface area contributed by atoms with Crippen LogP contribution in [-0.4, -0.2) is 10.9 Å². The SMILES string of the molecule is Cc1c(N)cccc1CNC(=O)c1ncccc1Br. The van der Waals surface area contributed by atoms with E-state index in [1.165, 1.54) is 0 Å². The van der Waals surface area contributed by atoms with Crippen LogP contribution in [0.2, 0.25) is 0 Å². The number of carbonyl (C=O) groups excluding carboxylic acids is 1. The number of hydrogen-bond donors (Lipinski definition) is 2. The molecule has 0 bridgehead atoms. The highest BCUT2D eigenvalue weighted by molar-refractivity contribution is 9.10. The number of nitrogens with one attached hydrogen (secondary N) is 1. The zero-order valence-corrected chi connectivity index (χ0v) is 12.1. The molecule has 98 valence electrons. The number of amides is 1. The Bertz CT molecular complexity index is 613. The molecule has 0 saturated heterocycles. The van der Waals surface area contributed by atoms with Gasteiger partial charge in [-0.05, 0) is 52.2 Å². The minimum atomic E-state index is -0.214. The molecule has 1 heterocycles. The van der Waals surface area contributed by atoms with E-state index in [0.717, 1.165) is 16.8 Å². The zero-order valence-electron chi connectivity index (χ0n) is 10.5. The Morgan fingerprint density at radius 1 is 1.37 bits per heavy atom. The molecule has 1 aromatic heterocycles. The highest BCUT2D eigenvalue weighted by Gasteiger charge is 2.11. The van der Waals surface area contributed by atoms with Gasteiger partial charge in [0.1, 0.15) is 5.69 Å². The quantitative estimate of drug-likeness (QED) is 0.855. The highest BCUT2D eigenvalue weighted by Crippen LogP contribution is 2.16. The maximum atomic E-state index is 12.0. The molecule has 3 N–H and O–H groups in total. The molecular formula is C14H14BrN3O. The summed E-state index contributed by atoms with van der Waals surface area (Å²) in [6, 6.07) is 9.21. The van der Waals surface area contributed by atoms with E-state index in [1.54, 1.807) is 18.3 Å². The number of nitrogens with zero attached hydrogens (tertiary/aromatic N) is 1. The normalized spacial score (nSPS) is 10.2. The standard InChI is InChI=1S/C14H14BrN3O/c1-9-10(4-2-6-12(9)16)8-18-14(19)13-11(15)5-3-7-17-13/h2-7H,8,16H2,1H3,(H,18,19). The van der Waals surface area contributed by atoms with Crippen molar-refractivity contribution in [1.29, 1.82) is 0 Å². The van der Waals surface area contributed by atoms with Gasteiger partial charge in [0.05, 0.1) is 0 Å². The number of rotatable bonds is 3. The van der Waals surface area contributed by atoms with Gasteiger partial charge in [0.25, 0.3) is 5.91 Å². The lowest BCUT2D eigenvalue weighted by atomic mass is 10.1. The number of nitrogens with two attached hydrogens (primary N) is 1. The zero-order chi connectivity index (χ0) is 13.8. The number of hydrogen-bond acceptors (Lipinski definition) is 3. The summed E-state index contributed by atoms with van der Waals surface area (Å²) in [6.45, 7) is 2.37. The maximum Gasteiger partial charge on any atom is 0.271 e. The molecule has 0 spiro atoms. The minimum Gasteiger partial charge on any atom is -0.399 e. The molecule has 0 aliphatic rings. The van der Waals surface area contributed by atoms with Crippen LogP contribution in [0.5, 0.6) is 0 Å². The smallest absolute Gasteiger partial charge is 0.271 e. The van der Waals surface area contributed by atoms with Gasteiger partial charge in [-0.2, -0.15) is 0 Å². The topological polar surface area (TPSA) is 68.0 Å². The predicted molar refractivity (Wildman–Crippen MR) is 78.7 cm³/mol. The summed E-state index contributed by atoms with van der Waals surface area (Å²) < 4.78 is 0.678. The summed E-state index contributed by atoms with van der Waals surface area (Å²) in [5, 5.41) is 2.84. The van der Waals surface area contributed by atoms with Gasteiger partial charge in [-0.1, -0.05) is 12.1 Å². The van der Waals surface area contributed by atoms with E-state index in [4.69, 9.17) is 5.73 Å². The maximum absolute atomic E-state index is 12.0. The van der Waals surface area contributed by atoms with Gasteiger partial charge < -0.3 is 11.1 Å². The molecule has 0 aliphatic carbocycles. The first-order valence-corrected chi connectivity index (χ1v) is 6.61. The third kappa shape index (κ3) is 3.12. The van der Waals surface area contributed by atoms with Crippen LogP contribution in [-0.2, 0) is 6.54 Å². The van der Waals surface area contributed by atoms with Gasteiger partial charge in [0.15, 0.2) is 0 Å². The molecule has 0 radical (unpaired) electrons. The summed E-state index contributed by atoms with van der Waals surface area (Å²) in [5.41, 5.74) is 8.93. The monoisotopic (exact) mass is 319 g/mol. The molecule has 2 aromatic rings. The highest BCUT2D eigenvalue weighted by atomic mass is 79.9. The van der Waals surface area contributed by atoms with Gasteiger partial charge in [0, 0.05) is 22.9 Å². The van der Waals surface area contributed by atoms with Crippen LogP contribution in [0.4, 0.5) is 5.69 Å². The van der Waals surface area contributed by atoms with Crippen LogP contribution in [0, 0.1) is 6.92 Å². The van der Waals surface area contributed by atoms with Crippen molar-refractivity contribution < 1.29 is 4.79 Å². The van der Waals surface area contributed by atoms with Crippen LogP contribution in [0.25, 0.3) is 0 Å². The molecule has 0 fully saturated rings. The second-order valence-corrected chi connectivity index (χ2v) is 5.00. The van der Waals surface area contributed by atoms with Crippen molar-refractivity contribution >= 4 is 27.5 Å². The molecule has 5 heteroatoms. The van der Waals surface area contributed by atoms with E-state index >= 15 is 0 Å². The Kier molecular flexibility index (Phi) is 4.16. The Morgan fingerprint density at radius 2 is 2.16 bits per heavy atom. The minimum absolute atomic E-state index is 0.214. The molecule has 0 aliphatic heterocycles. The first-order chi connectivity index (χ1) is 9.09. The average molecular weight is 320 g/mol. The molecule has 2 rings (SSSR count). The van der Waals surface area contributed by atoms with Crippen molar-refractivity contribution in [3.63, 3.8) is 0 Å². The Hall–Kier alpha value is -1.88. The molecule has 4 nitrogen and oxygen atoms in total. The summed E-state index contributed by atoms with van der Waals surface area (Å²) in [5.74, 6) is -0.214. The first kappa shape index (κ1) is 13.5. The van der Waals surface area contributed by atoms with Crippen LogP contribution in [0.1, 0.15) is 21.6 Å². The molecule has 0 unspecified atom stereocenters. The number of anilines is 1. The third-order valence-electron chi connectivity index (χ3n) is 2.90.